The minimum atomic E-state index is -0.646. The topological polar surface area (TPSA) is 86.4 Å². The molecular weight excluding hydrogens is 418 g/mol. The van der Waals surface area contributed by atoms with Crippen LogP contribution in [0.1, 0.15) is 27.6 Å². The molecule has 0 aliphatic heterocycles. The Morgan fingerprint density at radius 2 is 1.74 bits per heavy atom. The molecule has 0 spiro atoms. The Balaban J connectivity index is 1.62. The van der Waals surface area contributed by atoms with Gasteiger partial charge in [0.15, 0.2) is 5.56 Å². The molecule has 0 saturated carbocycles. The van der Waals surface area contributed by atoms with E-state index < -0.39 is 11.9 Å². The van der Waals surface area contributed by atoms with Crippen LogP contribution in [0.3, 0.4) is 0 Å². The summed E-state index contributed by atoms with van der Waals surface area (Å²) in [6.07, 6.45) is 3.82. The highest BCUT2D eigenvalue weighted by atomic mass is 35.5. The summed E-state index contributed by atoms with van der Waals surface area (Å²) >= 11 is 5.94. The van der Waals surface area contributed by atoms with Crippen LogP contribution in [0.25, 0.3) is 16.9 Å². The monoisotopic (exact) mass is 435 g/mol. The highest BCUT2D eigenvalue weighted by Gasteiger charge is 2.27. The fraction of sp³-hybridized carbons (Fsp3) is 0.0870. The first-order chi connectivity index (χ1) is 15.1. The molecule has 1 N–H and O–H groups in total. The van der Waals surface area contributed by atoms with E-state index in [0.717, 1.165) is 5.69 Å². The number of aromatic nitrogens is 2. The number of carbonyl (C=O) groups is 2. The second kappa shape index (κ2) is 8.89. The number of benzene rings is 2. The van der Waals surface area contributed by atoms with Crippen LogP contribution in [0.4, 0.5) is 5.88 Å². The fourth-order valence-electron chi connectivity index (χ4n) is 3.04. The Morgan fingerprint density at radius 1 is 1.06 bits per heavy atom. The molecule has 2 heterocycles. The standard InChI is InChI=1S/C23H18ClN3O4/c1-2-30-23(29)19-20(15-5-9-17(24)10-6-15)26-31-22(19)25-21(28)16-7-11-18(12-8-16)27-13-3-4-14-27/h3-14H,2H2,1H3,(H,25,28). The molecule has 0 atom stereocenters. The van der Waals surface area contributed by atoms with Crippen molar-refractivity contribution in [1.82, 2.24) is 9.72 Å². The van der Waals surface area contributed by atoms with Crippen LogP contribution < -0.4 is 5.32 Å². The third-order valence-electron chi connectivity index (χ3n) is 4.55. The van der Waals surface area contributed by atoms with Crippen molar-refractivity contribution >= 4 is 29.4 Å². The van der Waals surface area contributed by atoms with E-state index in [-0.39, 0.29) is 23.7 Å². The number of anilines is 1. The van der Waals surface area contributed by atoms with Gasteiger partial charge in [0.25, 0.3) is 5.91 Å². The normalized spacial score (nSPS) is 10.6. The molecule has 156 valence electrons. The number of hydrogen-bond acceptors (Lipinski definition) is 5. The number of halogens is 1. The van der Waals surface area contributed by atoms with E-state index in [1.54, 1.807) is 43.3 Å². The number of nitrogens with one attached hydrogen (secondary N) is 1. The smallest absolute Gasteiger partial charge is 0.346 e. The number of carbonyl (C=O) groups excluding carboxylic acids is 2. The summed E-state index contributed by atoms with van der Waals surface area (Å²) in [6.45, 7) is 1.86. The van der Waals surface area contributed by atoms with E-state index in [1.807, 2.05) is 41.2 Å². The van der Waals surface area contributed by atoms with Crippen LogP contribution in [0.5, 0.6) is 0 Å². The van der Waals surface area contributed by atoms with Gasteiger partial charge in [-0.15, -0.1) is 0 Å². The summed E-state index contributed by atoms with van der Waals surface area (Å²) in [5.41, 5.74) is 2.22. The zero-order valence-corrected chi connectivity index (χ0v) is 17.3. The molecule has 0 aliphatic carbocycles. The van der Waals surface area contributed by atoms with Gasteiger partial charge >= 0.3 is 5.97 Å². The van der Waals surface area contributed by atoms with Crippen molar-refractivity contribution in [3.8, 4) is 16.9 Å². The van der Waals surface area contributed by atoms with Crippen molar-refractivity contribution in [1.29, 1.82) is 0 Å². The maximum Gasteiger partial charge on any atom is 0.346 e. The molecule has 7 nitrogen and oxygen atoms in total. The molecule has 8 heteroatoms. The molecule has 0 aliphatic rings. The lowest BCUT2D eigenvalue weighted by Gasteiger charge is -2.07. The van der Waals surface area contributed by atoms with Gasteiger partial charge in [0, 0.05) is 34.2 Å². The minimum Gasteiger partial charge on any atom is -0.462 e. The number of nitrogens with zero attached hydrogens (tertiary/aromatic N) is 2. The highest BCUT2D eigenvalue weighted by molar-refractivity contribution is 6.30. The average molecular weight is 436 g/mol. The first kappa shape index (κ1) is 20.4. The molecule has 1 amide bonds. The van der Waals surface area contributed by atoms with Crippen molar-refractivity contribution in [2.75, 3.05) is 11.9 Å². The number of rotatable bonds is 6. The first-order valence-corrected chi connectivity index (χ1v) is 9.92. The van der Waals surface area contributed by atoms with Gasteiger partial charge in [0.05, 0.1) is 6.61 Å². The number of esters is 1. The summed E-state index contributed by atoms with van der Waals surface area (Å²) in [6, 6.07) is 17.6. The lowest BCUT2D eigenvalue weighted by Crippen LogP contribution is -2.15. The van der Waals surface area contributed by atoms with E-state index >= 15 is 0 Å². The molecule has 0 radical (unpaired) electrons. The van der Waals surface area contributed by atoms with E-state index in [9.17, 15) is 9.59 Å². The third kappa shape index (κ3) is 4.36. The molecular formula is C23H18ClN3O4. The molecule has 0 saturated heterocycles. The van der Waals surface area contributed by atoms with Crippen molar-refractivity contribution in [2.45, 2.75) is 6.92 Å². The molecule has 4 rings (SSSR count). The van der Waals surface area contributed by atoms with Crippen molar-refractivity contribution in [3.05, 3.63) is 89.2 Å². The Kier molecular flexibility index (Phi) is 5.86. The van der Waals surface area contributed by atoms with Gasteiger partial charge in [-0.1, -0.05) is 28.9 Å². The lowest BCUT2D eigenvalue weighted by atomic mass is 10.1. The SMILES string of the molecule is CCOC(=O)c1c(-c2ccc(Cl)cc2)noc1NC(=O)c1ccc(-n2cccc2)cc1. The Morgan fingerprint density at radius 3 is 2.39 bits per heavy atom. The van der Waals surface area contributed by atoms with Crippen LogP contribution >= 0.6 is 11.6 Å². The van der Waals surface area contributed by atoms with Gasteiger partial charge in [0.1, 0.15) is 5.69 Å². The second-order valence-corrected chi connectivity index (χ2v) is 6.99. The molecule has 31 heavy (non-hydrogen) atoms. The quantitative estimate of drug-likeness (QED) is 0.420. The van der Waals surface area contributed by atoms with E-state index in [0.29, 0.717) is 16.1 Å². The summed E-state index contributed by atoms with van der Waals surface area (Å²) in [4.78, 5) is 25.3. The second-order valence-electron chi connectivity index (χ2n) is 6.55. The third-order valence-corrected chi connectivity index (χ3v) is 4.80. The fourth-order valence-corrected chi connectivity index (χ4v) is 3.17. The van der Waals surface area contributed by atoms with E-state index in [4.69, 9.17) is 20.9 Å². The summed E-state index contributed by atoms with van der Waals surface area (Å²) in [5, 5.41) is 7.14. The van der Waals surface area contributed by atoms with E-state index in [1.165, 1.54) is 0 Å². The summed E-state index contributed by atoms with van der Waals surface area (Å²) in [5.74, 6) is -1.17. The lowest BCUT2D eigenvalue weighted by molar-refractivity contribution is 0.0528. The Labute approximate surface area is 183 Å². The van der Waals surface area contributed by atoms with Gasteiger partial charge in [0.2, 0.25) is 5.88 Å². The zero-order chi connectivity index (χ0) is 21.8. The Bertz CT molecular complexity index is 1200. The largest absolute Gasteiger partial charge is 0.462 e. The van der Waals surface area contributed by atoms with Gasteiger partial charge in [-0.05, 0) is 55.5 Å². The number of amides is 1. The molecule has 2 aromatic carbocycles. The molecule has 0 fully saturated rings. The molecule has 0 bridgehead atoms. The summed E-state index contributed by atoms with van der Waals surface area (Å²) < 4.78 is 12.4. The van der Waals surface area contributed by atoms with Crippen LogP contribution in [-0.2, 0) is 4.74 Å². The highest BCUT2D eigenvalue weighted by Crippen LogP contribution is 2.31. The van der Waals surface area contributed by atoms with Crippen molar-refractivity contribution in [2.24, 2.45) is 0 Å². The van der Waals surface area contributed by atoms with Crippen LogP contribution in [0.15, 0.2) is 77.6 Å². The first-order valence-electron chi connectivity index (χ1n) is 9.54. The maximum atomic E-state index is 12.8. The van der Waals surface area contributed by atoms with E-state index in [2.05, 4.69) is 10.5 Å². The molecule has 2 aromatic heterocycles. The minimum absolute atomic E-state index is 0.0430. The summed E-state index contributed by atoms with van der Waals surface area (Å²) in [7, 11) is 0. The van der Waals surface area contributed by atoms with Crippen LogP contribution in [0, 0.1) is 0 Å². The average Bonchev–Trinajstić information content (AvgIpc) is 3.45. The number of ether oxygens (including phenoxy) is 1. The molecule has 4 aromatic rings. The predicted molar refractivity (Wildman–Crippen MR) is 117 cm³/mol. The van der Waals surface area contributed by atoms with Crippen LogP contribution in [-0.4, -0.2) is 28.2 Å². The zero-order valence-electron chi connectivity index (χ0n) is 16.5. The van der Waals surface area contributed by atoms with Crippen molar-refractivity contribution in [3.63, 3.8) is 0 Å². The van der Waals surface area contributed by atoms with Gasteiger partial charge in [-0.25, -0.2) is 4.79 Å². The predicted octanol–water partition coefficient (Wildman–Crippen LogP) is 5.21. The van der Waals surface area contributed by atoms with Crippen molar-refractivity contribution < 1.29 is 18.8 Å². The van der Waals surface area contributed by atoms with Gasteiger partial charge in [-0.3, -0.25) is 10.1 Å². The van der Waals surface area contributed by atoms with Gasteiger partial charge < -0.3 is 13.8 Å². The number of hydrogen-bond donors (Lipinski definition) is 1. The molecule has 0 unspecified atom stereocenters. The maximum absolute atomic E-state index is 12.8. The van der Waals surface area contributed by atoms with Gasteiger partial charge in [-0.2, -0.15) is 0 Å². The van der Waals surface area contributed by atoms with Crippen LogP contribution in [0.2, 0.25) is 5.02 Å². The Hall–Kier alpha value is -3.84.